The standard InChI is InChI=1S/C15H18N2OS/c1-18-14-9-5-8-12(14)17-13(10-16-15(17)19)11-6-3-2-4-7-11/h2-4,6-7,10,12,14H,5,8-9H2,1H3,(H,16,19). The van der Waals surface area contributed by atoms with E-state index in [9.17, 15) is 0 Å². The zero-order valence-electron chi connectivity index (χ0n) is 11.0. The number of methoxy groups -OCH3 is 1. The van der Waals surface area contributed by atoms with Gasteiger partial charge in [0.15, 0.2) is 4.77 Å². The number of nitrogens with one attached hydrogen (secondary N) is 1. The molecular weight excluding hydrogens is 256 g/mol. The van der Waals surface area contributed by atoms with E-state index in [1.54, 1.807) is 7.11 Å². The lowest BCUT2D eigenvalue weighted by molar-refractivity contribution is 0.0750. The molecule has 0 spiro atoms. The fourth-order valence-electron chi connectivity index (χ4n) is 3.02. The number of H-pyrrole nitrogens is 1. The summed E-state index contributed by atoms with van der Waals surface area (Å²) in [6.45, 7) is 0. The second-order valence-electron chi connectivity index (χ2n) is 4.99. The van der Waals surface area contributed by atoms with Gasteiger partial charge in [-0.3, -0.25) is 0 Å². The molecule has 0 radical (unpaired) electrons. The smallest absolute Gasteiger partial charge is 0.177 e. The van der Waals surface area contributed by atoms with Gasteiger partial charge in [-0.25, -0.2) is 0 Å². The number of nitrogens with zero attached hydrogens (tertiary/aromatic N) is 1. The van der Waals surface area contributed by atoms with Crippen molar-refractivity contribution in [3.63, 3.8) is 0 Å². The molecule has 1 fully saturated rings. The Morgan fingerprint density at radius 1 is 1.26 bits per heavy atom. The summed E-state index contributed by atoms with van der Waals surface area (Å²) < 4.78 is 8.63. The van der Waals surface area contributed by atoms with Gasteiger partial charge in [0, 0.05) is 13.3 Å². The highest BCUT2D eigenvalue weighted by Crippen LogP contribution is 2.35. The minimum Gasteiger partial charge on any atom is -0.379 e. The lowest BCUT2D eigenvalue weighted by Gasteiger charge is -2.22. The number of benzene rings is 1. The quantitative estimate of drug-likeness (QED) is 0.859. The Hall–Kier alpha value is -1.39. The number of rotatable bonds is 3. The fraction of sp³-hybridized carbons (Fsp3) is 0.400. The third-order valence-electron chi connectivity index (χ3n) is 3.93. The van der Waals surface area contributed by atoms with Crippen LogP contribution in [0.2, 0.25) is 0 Å². The summed E-state index contributed by atoms with van der Waals surface area (Å²) in [5, 5.41) is 0. The van der Waals surface area contributed by atoms with Gasteiger partial charge in [-0.05, 0) is 37.0 Å². The molecule has 3 rings (SSSR count). The normalized spacial score (nSPS) is 22.8. The molecular formula is C15H18N2OS. The summed E-state index contributed by atoms with van der Waals surface area (Å²) in [5.41, 5.74) is 2.34. The summed E-state index contributed by atoms with van der Waals surface area (Å²) in [5.74, 6) is 0. The molecule has 19 heavy (non-hydrogen) atoms. The number of aromatic amines is 1. The Morgan fingerprint density at radius 2 is 2.05 bits per heavy atom. The molecule has 0 saturated heterocycles. The summed E-state index contributed by atoms with van der Waals surface area (Å²) in [6.07, 6.45) is 5.71. The van der Waals surface area contributed by atoms with Crippen LogP contribution in [0.3, 0.4) is 0 Å². The highest BCUT2D eigenvalue weighted by atomic mass is 32.1. The van der Waals surface area contributed by atoms with E-state index < -0.39 is 0 Å². The van der Waals surface area contributed by atoms with Gasteiger partial charge in [0.2, 0.25) is 0 Å². The van der Waals surface area contributed by atoms with E-state index in [4.69, 9.17) is 17.0 Å². The molecule has 0 amide bonds. The molecule has 1 heterocycles. The molecule has 2 aromatic rings. The van der Waals surface area contributed by atoms with Crippen LogP contribution >= 0.6 is 12.2 Å². The number of hydrogen-bond acceptors (Lipinski definition) is 2. The van der Waals surface area contributed by atoms with Gasteiger partial charge in [0.05, 0.1) is 17.8 Å². The first-order chi connectivity index (χ1) is 9.31. The predicted molar refractivity (Wildman–Crippen MR) is 78.7 cm³/mol. The summed E-state index contributed by atoms with van der Waals surface area (Å²) in [6, 6.07) is 10.7. The van der Waals surface area contributed by atoms with Crippen LogP contribution in [0.5, 0.6) is 0 Å². The largest absolute Gasteiger partial charge is 0.379 e. The first kappa shape index (κ1) is 12.6. The Labute approximate surface area is 118 Å². The molecule has 2 atom stereocenters. The minimum atomic E-state index is 0.268. The molecule has 2 unspecified atom stereocenters. The van der Waals surface area contributed by atoms with Crippen molar-refractivity contribution in [2.45, 2.75) is 31.4 Å². The van der Waals surface area contributed by atoms with Crippen LogP contribution in [0.4, 0.5) is 0 Å². The maximum atomic E-state index is 5.61. The highest BCUT2D eigenvalue weighted by Gasteiger charge is 2.30. The summed E-state index contributed by atoms with van der Waals surface area (Å²) in [4.78, 5) is 3.18. The topological polar surface area (TPSA) is 29.9 Å². The number of hydrogen-bond donors (Lipinski definition) is 1. The average molecular weight is 274 g/mol. The van der Waals surface area contributed by atoms with E-state index in [-0.39, 0.29) is 6.10 Å². The number of aromatic nitrogens is 2. The molecule has 1 aromatic carbocycles. The van der Waals surface area contributed by atoms with Crippen LogP contribution in [0.15, 0.2) is 36.5 Å². The average Bonchev–Trinajstić information content (AvgIpc) is 3.05. The van der Waals surface area contributed by atoms with E-state index in [1.807, 2.05) is 12.3 Å². The van der Waals surface area contributed by atoms with Crippen molar-refractivity contribution in [3.8, 4) is 11.3 Å². The third-order valence-corrected chi connectivity index (χ3v) is 4.25. The molecule has 4 heteroatoms. The van der Waals surface area contributed by atoms with Crippen molar-refractivity contribution in [3.05, 3.63) is 41.3 Å². The third kappa shape index (κ3) is 2.26. The Morgan fingerprint density at radius 3 is 2.79 bits per heavy atom. The Balaban J connectivity index is 2.07. The molecule has 100 valence electrons. The molecule has 1 aliphatic rings. The Bertz CT molecular complexity index is 602. The van der Waals surface area contributed by atoms with E-state index in [0.29, 0.717) is 6.04 Å². The van der Waals surface area contributed by atoms with Gasteiger partial charge in [-0.15, -0.1) is 0 Å². The summed E-state index contributed by atoms with van der Waals surface area (Å²) >= 11 is 5.46. The SMILES string of the molecule is COC1CCCC1n1c(-c2ccccc2)c[nH]c1=S. The van der Waals surface area contributed by atoms with Crippen LogP contribution in [0.1, 0.15) is 25.3 Å². The predicted octanol–water partition coefficient (Wildman–Crippen LogP) is 3.95. The van der Waals surface area contributed by atoms with E-state index in [2.05, 4.69) is 33.8 Å². The van der Waals surface area contributed by atoms with Crippen molar-refractivity contribution in [2.24, 2.45) is 0 Å². The number of ether oxygens (including phenoxy) is 1. The molecule has 1 aliphatic carbocycles. The van der Waals surface area contributed by atoms with E-state index in [1.165, 1.54) is 12.0 Å². The zero-order chi connectivity index (χ0) is 13.2. The molecule has 0 aliphatic heterocycles. The second kappa shape index (κ2) is 5.31. The first-order valence-electron chi connectivity index (χ1n) is 6.69. The molecule has 0 bridgehead atoms. The van der Waals surface area contributed by atoms with Crippen molar-refractivity contribution < 1.29 is 4.74 Å². The van der Waals surface area contributed by atoms with Crippen molar-refractivity contribution in [1.29, 1.82) is 0 Å². The van der Waals surface area contributed by atoms with Crippen LogP contribution in [-0.2, 0) is 4.74 Å². The van der Waals surface area contributed by atoms with Gasteiger partial charge in [0.25, 0.3) is 0 Å². The van der Waals surface area contributed by atoms with E-state index >= 15 is 0 Å². The van der Waals surface area contributed by atoms with Gasteiger partial charge in [-0.2, -0.15) is 0 Å². The van der Waals surface area contributed by atoms with Gasteiger partial charge >= 0.3 is 0 Å². The highest BCUT2D eigenvalue weighted by molar-refractivity contribution is 7.71. The van der Waals surface area contributed by atoms with Crippen molar-refractivity contribution in [2.75, 3.05) is 7.11 Å². The maximum Gasteiger partial charge on any atom is 0.177 e. The maximum absolute atomic E-state index is 5.61. The fourth-order valence-corrected chi connectivity index (χ4v) is 3.31. The van der Waals surface area contributed by atoms with Crippen LogP contribution in [0.25, 0.3) is 11.3 Å². The van der Waals surface area contributed by atoms with Crippen molar-refractivity contribution in [1.82, 2.24) is 9.55 Å². The molecule has 1 N–H and O–H groups in total. The lowest BCUT2D eigenvalue weighted by Crippen LogP contribution is -2.21. The van der Waals surface area contributed by atoms with E-state index in [0.717, 1.165) is 23.3 Å². The summed E-state index contributed by atoms with van der Waals surface area (Å²) in [7, 11) is 1.79. The second-order valence-corrected chi connectivity index (χ2v) is 5.37. The molecule has 1 saturated carbocycles. The monoisotopic (exact) mass is 274 g/mol. The van der Waals surface area contributed by atoms with Gasteiger partial charge in [-0.1, -0.05) is 30.3 Å². The number of imidazole rings is 1. The van der Waals surface area contributed by atoms with Crippen LogP contribution in [0, 0.1) is 4.77 Å². The first-order valence-corrected chi connectivity index (χ1v) is 7.10. The van der Waals surface area contributed by atoms with Crippen LogP contribution in [-0.4, -0.2) is 22.8 Å². The lowest BCUT2D eigenvalue weighted by atomic mass is 10.1. The Kier molecular flexibility index (Phi) is 3.53. The zero-order valence-corrected chi connectivity index (χ0v) is 11.8. The molecule has 3 nitrogen and oxygen atoms in total. The minimum absolute atomic E-state index is 0.268. The van der Waals surface area contributed by atoms with Gasteiger partial charge in [0.1, 0.15) is 0 Å². The molecule has 1 aromatic heterocycles. The van der Waals surface area contributed by atoms with Crippen LogP contribution < -0.4 is 0 Å². The van der Waals surface area contributed by atoms with Crippen molar-refractivity contribution >= 4 is 12.2 Å². The van der Waals surface area contributed by atoms with Gasteiger partial charge < -0.3 is 14.3 Å².